The molecular formula is C18H18F3N5O3. The van der Waals surface area contributed by atoms with Crippen molar-refractivity contribution in [1.82, 2.24) is 20.2 Å². The Morgan fingerprint density at radius 2 is 2.14 bits per heavy atom. The topological polar surface area (TPSA) is 120 Å². The van der Waals surface area contributed by atoms with Crippen molar-refractivity contribution in [3.05, 3.63) is 44.6 Å². The molecule has 11 heteroatoms. The van der Waals surface area contributed by atoms with E-state index in [1.165, 1.54) is 6.92 Å². The molecule has 3 unspecified atom stereocenters. The number of amides is 1. The van der Waals surface area contributed by atoms with Crippen LogP contribution < -0.4 is 21.9 Å². The Morgan fingerprint density at radius 1 is 1.41 bits per heavy atom. The highest BCUT2D eigenvalue weighted by Crippen LogP contribution is 2.19. The second kappa shape index (κ2) is 8.08. The molecule has 1 fully saturated rings. The Labute approximate surface area is 162 Å². The number of aromatic nitrogens is 2. The third-order valence-electron chi connectivity index (χ3n) is 4.95. The molecule has 0 aliphatic carbocycles. The summed E-state index contributed by atoms with van der Waals surface area (Å²) in [5, 5.41) is 13.5. The summed E-state index contributed by atoms with van der Waals surface area (Å²) in [6.45, 7) is 1.06. The second-order valence-corrected chi connectivity index (χ2v) is 6.97. The van der Waals surface area contributed by atoms with E-state index in [0.29, 0.717) is 4.57 Å². The van der Waals surface area contributed by atoms with Crippen molar-refractivity contribution in [2.45, 2.75) is 38.1 Å². The first-order chi connectivity index (χ1) is 13.7. The zero-order chi connectivity index (χ0) is 21.3. The van der Waals surface area contributed by atoms with Crippen molar-refractivity contribution < 1.29 is 18.0 Å². The van der Waals surface area contributed by atoms with Gasteiger partial charge in [0.15, 0.2) is 11.6 Å². The van der Waals surface area contributed by atoms with Crippen molar-refractivity contribution in [3.8, 4) is 6.07 Å². The minimum Gasteiger partial charge on any atom is -0.350 e. The van der Waals surface area contributed by atoms with Crippen molar-refractivity contribution in [2.24, 2.45) is 5.92 Å². The number of H-pyrrole nitrogens is 1. The normalized spacial score (nSPS) is 22.8. The van der Waals surface area contributed by atoms with Crippen LogP contribution in [-0.2, 0) is 11.3 Å². The number of carbonyl (C=O) groups excluding carboxylic acids is 1. The number of alkyl halides is 1. The lowest BCUT2D eigenvalue weighted by molar-refractivity contribution is -0.122. The van der Waals surface area contributed by atoms with Crippen molar-refractivity contribution in [3.63, 3.8) is 0 Å². The lowest BCUT2D eigenvalue weighted by Crippen LogP contribution is -2.57. The maximum atomic E-state index is 14.2. The quantitative estimate of drug-likeness (QED) is 0.672. The fourth-order valence-corrected chi connectivity index (χ4v) is 3.45. The summed E-state index contributed by atoms with van der Waals surface area (Å²) in [5.41, 5.74) is -2.31. The van der Waals surface area contributed by atoms with Gasteiger partial charge in [0, 0.05) is 12.6 Å². The Hall–Kier alpha value is -3.13. The summed E-state index contributed by atoms with van der Waals surface area (Å²) in [6, 6.07) is 2.34. The van der Waals surface area contributed by atoms with E-state index in [1.54, 1.807) is 0 Å². The van der Waals surface area contributed by atoms with Gasteiger partial charge in [-0.25, -0.2) is 18.0 Å². The van der Waals surface area contributed by atoms with Gasteiger partial charge in [0.2, 0.25) is 5.91 Å². The molecule has 0 saturated carbocycles. The summed E-state index contributed by atoms with van der Waals surface area (Å²) in [4.78, 5) is 39.0. The van der Waals surface area contributed by atoms with Crippen LogP contribution in [0.25, 0.3) is 10.9 Å². The Morgan fingerprint density at radius 3 is 2.79 bits per heavy atom. The van der Waals surface area contributed by atoms with E-state index in [-0.39, 0.29) is 18.5 Å². The van der Waals surface area contributed by atoms with Crippen LogP contribution in [0.5, 0.6) is 0 Å². The zero-order valence-corrected chi connectivity index (χ0v) is 15.3. The average Bonchev–Trinajstić information content (AvgIpc) is 2.67. The molecule has 3 rings (SSSR count). The van der Waals surface area contributed by atoms with E-state index in [1.807, 2.05) is 6.07 Å². The summed E-state index contributed by atoms with van der Waals surface area (Å²) in [7, 11) is 0. The molecule has 1 aromatic heterocycles. The molecule has 154 valence electrons. The molecule has 1 aliphatic heterocycles. The second-order valence-electron chi connectivity index (χ2n) is 6.97. The molecule has 3 N–H and O–H groups in total. The molecule has 0 radical (unpaired) electrons. The SMILES string of the molecule is C[C@H](NC(=O)Cn1c(=O)[nH]c2ccc(F)c(F)c2c1=O)C1NCC(C#N)CC1F. The lowest BCUT2D eigenvalue weighted by atomic mass is 9.90. The van der Waals surface area contributed by atoms with Gasteiger partial charge in [0.1, 0.15) is 18.1 Å². The van der Waals surface area contributed by atoms with Crippen molar-refractivity contribution in [2.75, 3.05) is 6.54 Å². The number of hydrogen-bond acceptors (Lipinski definition) is 5. The molecule has 29 heavy (non-hydrogen) atoms. The van der Waals surface area contributed by atoms with Gasteiger partial charge in [0.05, 0.1) is 23.5 Å². The van der Waals surface area contributed by atoms with Gasteiger partial charge in [-0.2, -0.15) is 5.26 Å². The minimum absolute atomic E-state index is 0.0308. The number of aromatic amines is 1. The molecule has 2 aromatic rings. The molecule has 2 heterocycles. The fourth-order valence-electron chi connectivity index (χ4n) is 3.45. The van der Waals surface area contributed by atoms with Crippen LogP contribution in [0.2, 0.25) is 0 Å². The maximum absolute atomic E-state index is 14.2. The van der Waals surface area contributed by atoms with E-state index in [0.717, 1.165) is 12.1 Å². The van der Waals surface area contributed by atoms with Crippen LogP contribution in [0.1, 0.15) is 13.3 Å². The smallest absolute Gasteiger partial charge is 0.329 e. The van der Waals surface area contributed by atoms with Crippen LogP contribution in [0, 0.1) is 28.9 Å². The van der Waals surface area contributed by atoms with E-state index in [4.69, 9.17) is 5.26 Å². The van der Waals surface area contributed by atoms with Crippen LogP contribution in [-0.4, -0.2) is 40.3 Å². The summed E-state index contributed by atoms with van der Waals surface area (Å²) in [5.74, 6) is -3.93. The highest BCUT2D eigenvalue weighted by Gasteiger charge is 2.34. The number of benzene rings is 1. The molecule has 1 aromatic carbocycles. The number of nitriles is 1. The minimum atomic E-state index is -1.43. The molecule has 1 aliphatic rings. The highest BCUT2D eigenvalue weighted by molar-refractivity contribution is 5.79. The monoisotopic (exact) mass is 409 g/mol. The third-order valence-corrected chi connectivity index (χ3v) is 4.95. The first-order valence-corrected chi connectivity index (χ1v) is 8.90. The number of hydrogen-bond donors (Lipinski definition) is 3. The van der Waals surface area contributed by atoms with Gasteiger partial charge in [0.25, 0.3) is 5.56 Å². The number of fused-ring (bicyclic) bond motifs is 1. The third kappa shape index (κ3) is 4.02. The molecule has 0 spiro atoms. The zero-order valence-electron chi connectivity index (χ0n) is 15.3. The van der Waals surface area contributed by atoms with Crippen LogP contribution in [0.3, 0.4) is 0 Å². The Balaban J connectivity index is 1.78. The first-order valence-electron chi connectivity index (χ1n) is 8.90. The standard InChI is InChI=1S/C18H18F3N5O3/c1-8(16-11(20)4-9(5-22)6-23-16)24-13(27)7-26-17(28)14-12(25-18(26)29)3-2-10(19)15(14)21/h2-3,8-9,11,16,23H,4,6-7H2,1H3,(H,24,27)(H,25,29)/t8-,9?,11?,16?/m0/s1. The van der Waals surface area contributed by atoms with Crippen molar-refractivity contribution in [1.29, 1.82) is 5.26 Å². The maximum Gasteiger partial charge on any atom is 0.329 e. The van der Waals surface area contributed by atoms with Gasteiger partial charge in [-0.15, -0.1) is 0 Å². The van der Waals surface area contributed by atoms with Gasteiger partial charge < -0.3 is 15.6 Å². The average molecular weight is 409 g/mol. The van der Waals surface area contributed by atoms with E-state index in [2.05, 4.69) is 15.6 Å². The number of nitrogens with zero attached hydrogens (tertiary/aromatic N) is 2. The Kier molecular flexibility index (Phi) is 5.74. The van der Waals surface area contributed by atoms with Crippen LogP contribution >= 0.6 is 0 Å². The molecule has 0 bridgehead atoms. The van der Waals surface area contributed by atoms with Gasteiger partial charge in [-0.1, -0.05) is 0 Å². The number of piperidine rings is 1. The van der Waals surface area contributed by atoms with E-state index in [9.17, 15) is 27.6 Å². The summed E-state index contributed by atoms with van der Waals surface area (Å²) >= 11 is 0. The van der Waals surface area contributed by atoms with E-state index < -0.39 is 64.9 Å². The molecule has 8 nitrogen and oxygen atoms in total. The summed E-state index contributed by atoms with van der Waals surface area (Å²) < 4.78 is 42.1. The number of halogens is 3. The number of nitrogens with one attached hydrogen (secondary N) is 3. The fraction of sp³-hybridized carbons (Fsp3) is 0.444. The predicted octanol–water partition coefficient (Wildman–Crippen LogP) is 0.312. The number of carbonyl (C=O) groups is 1. The predicted molar refractivity (Wildman–Crippen MR) is 96.8 cm³/mol. The van der Waals surface area contributed by atoms with Crippen LogP contribution in [0.15, 0.2) is 21.7 Å². The van der Waals surface area contributed by atoms with Gasteiger partial charge >= 0.3 is 5.69 Å². The highest BCUT2D eigenvalue weighted by atomic mass is 19.2. The van der Waals surface area contributed by atoms with Crippen molar-refractivity contribution >= 4 is 16.8 Å². The first kappa shape index (κ1) is 20.6. The molecule has 1 amide bonds. The summed E-state index contributed by atoms with van der Waals surface area (Å²) in [6.07, 6.45) is -1.34. The molecule has 4 atom stereocenters. The van der Waals surface area contributed by atoms with E-state index >= 15 is 0 Å². The lowest BCUT2D eigenvalue weighted by Gasteiger charge is -2.34. The largest absolute Gasteiger partial charge is 0.350 e. The van der Waals surface area contributed by atoms with Gasteiger partial charge in [-0.3, -0.25) is 14.2 Å². The van der Waals surface area contributed by atoms with Crippen LogP contribution in [0.4, 0.5) is 13.2 Å². The number of rotatable bonds is 4. The molecule has 1 saturated heterocycles. The molecular weight excluding hydrogens is 391 g/mol. The Bertz CT molecular complexity index is 1110. The van der Waals surface area contributed by atoms with Gasteiger partial charge in [-0.05, 0) is 25.5 Å².